The van der Waals surface area contributed by atoms with Gasteiger partial charge in [-0.05, 0) is 38.0 Å². The first-order chi connectivity index (χ1) is 9.19. The molecule has 0 radical (unpaired) electrons. The number of aliphatic hydroxyl groups excluding tert-OH is 1. The second-order valence-corrected chi connectivity index (χ2v) is 6.23. The highest BCUT2D eigenvalue weighted by molar-refractivity contribution is 7.12. The molecule has 1 unspecified atom stereocenters. The quantitative estimate of drug-likeness (QED) is 0.847. The van der Waals surface area contributed by atoms with Crippen molar-refractivity contribution in [1.82, 2.24) is 5.32 Å². The molecule has 0 saturated heterocycles. The fourth-order valence-electron chi connectivity index (χ4n) is 2.20. The molecule has 2 N–H and O–H groups in total. The third-order valence-electron chi connectivity index (χ3n) is 3.22. The minimum Gasteiger partial charge on any atom is -0.395 e. The Hall–Kier alpha value is -1.16. The maximum Gasteiger partial charge on any atom is 0.0588 e. The zero-order valence-electron chi connectivity index (χ0n) is 11.5. The van der Waals surface area contributed by atoms with Crippen molar-refractivity contribution < 1.29 is 5.11 Å². The van der Waals surface area contributed by atoms with Gasteiger partial charge in [0.15, 0.2) is 0 Å². The van der Waals surface area contributed by atoms with Gasteiger partial charge in [0.05, 0.1) is 6.61 Å². The Morgan fingerprint density at radius 2 is 1.89 bits per heavy atom. The normalized spacial score (nSPS) is 14.3. The van der Waals surface area contributed by atoms with E-state index in [2.05, 4.69) is 43.4 Å². The number of aliphatic hydroxyl groups is 1. The number of aryl methyl sites for hydroxylation is 1. The summed E-state index contributed by atoms with van der Waals surface area (Å²) in [6.45, 7) is 4.43. The van der Waals surface area contributed by atoms with Crippen LogP contribution in [-0.4, -0.2) is 17.8 Å². The van der Waals surface area contributed by atoms with Crippen molar-refractivity contribution in [2.45, 2.75) is 32.4 Å². The highest BCUT2D eigenvalue weighted by Gasteiger charge is 2.14. The topological polar surface area (TPSA) is 32.3 Å². The molecule has 1 heterocycles. The van der Waals surface area contributed by atoms with Crippen molar-refractivity contribution >= 4 is 11.3 Å². The molecule has 2 rings (SSSR count). The lowest BCUT2D eigenvalue weighted by Crippen LogP contribution is -2.36. The first kappa shape index (κ1) is 14.3. The van der Waals surface area contributed by atoms with E-state index in [1.807, 2.05) is 29.5 Å². The molecule has 0 aliphatic heterocycles. The van der Waals surface area contributed by atoms with E-state index >= 15 is 0 Å². The van der Waals surface area contributed by atoms with Crippen molar-refractivity contribution in [3.8, 4) is 0 Å². The van der Waals surface area contributed by atoms with Crippen LogP contribution in [0, 0.1) is 6.92 Å². The number of rotatable bonds is 6. The minimum absolute atomic E-state index is 0.0970. The summed E-state index contributed by atoms with van der Waals surface area (Å²) in [5.74, 6) is 0. The maximum absolute atomic E-state index is 9.53. The molecule has 0 amide bonds. The molecule has 0 saturated carbocycles. The van der Waals surface area contributed by atoms with E-state index in [0.29, 0.717) is 0 Å². The van der Waals surface area contributed by atoms with Gasteiger partial charge < -0.3 is 10.4 Å². The van der Waals surface area contributed by atoms with E-state index in [1.54, 1.807) is 0 Å². The van der Waals surface area contributed by atoms with Gasteiger partial charge in [0.2, 0.25) is 0 Å². The Morgan fingerprint density at radius 1 is 1.16 bits per heavy atom. The van der Waals surface area contributed by atoms with E-state index in [-0.39, 0.29) is 18.7 Å². The van der Waals surface area contributed by atoms with Crippen LogP contribution < -0.4 is 5.32 Å². The molecule has 0 aliphatic rings. The van der Waals surface area contributed by atoms with Gasteiger partial charge in [-0.1, -0.05) is 30.3 Å². The predicted octanol–water partition coefficient (Wildman–Crippen LogP) is 3.31. The summed E-state index contributed by atoms with van der Waals surface area (Å²) < 4.78 is 0. The third kappa shape index (κ3) is 4.16. The van der Waals surface area contributed by atoms with Gasteiger partial charge in [0, 0.05) is 21.8 Å². The van der Waals surface area contributed by atoms with Crippen LogP contribution in [0.5, 0.6) is 0 Å². The van der Waals surface area contributed by atoms with Crippen LogP contribution in [-0.2, 0) is 6.42 Å². The summed E-state index contributed by atoms with van der Waals surface area (Å²) in [5, 5.41) is 13.0. The second-order valence-electron chi connectivity index (χ2n) is 4.91. The molecule has 102 valence electrons. The smallest absolute Gasteiger partial charge is 0.0588 e. The second kappa shape index (κ2) is 6.85. The monoisotopic (exact) mass is 275 g/mol. The maximum atomic E-state index is 9.53. The van der Waals surface area contributed by atoms with Gasteiger partial charge >= 0.3 is 0 Å². The summed E-state index contributed by atoms with van der Waals surface area (Å²) in [7, 11) is 0. The number of hydrogen-bond donors (Lipinski definition) is 2. The standard InChI is InChI=1S/C16H21NOS/c1-12-8-9-16(19-12)13(2)17-15(11-18)10-14-6-4-3-5-7-14/h3-9,13,15,17-18H,10-11H2,1-2H3/t13?,15-/m1/s1. The lowest BCUT2D eigenvalue weighted by Gasteiger charge is -2.21. The summed E-state index contributed by atoms with van der Waals surface area (Å²) in [6.07, 6.45) is 0.853. The lowest BCUT2D eigenvalue weighted by atomic mass is 10.1. The number of benzene rings is 1. The Labute approximate surface area is 119 Å². The zero-order chi connectivity index (χ0) is 13.7. The van der Waals surface area contributed by atoms with Gasteiger partial charge in [-0.15, -0.1) is 11.3 Å². The molecule has 0 spiro atoms. The number of thiophene rings is 1. The van der Waals surface area contributed by atoms with Crippen molar-refractivity contribution in [3.05, 3.63) is 57.8 Å². The Bertz CT molecular complexity index is 494. The summed E-state index contributed by atoms with van der Waals surface area (Å²) in [6, 6.07) is 15.0. The van der Waals surface area contributed by atoms with Crippen LogP contribution in [0.2, 0.25) is 0 Å². The van der Waals surface area contributed by atoms with Crippen molar-refractivity contribution in [2.75, 3.05) is 6.61 Å². The molecule has 0 fully saturated rings. The number of hydrogen-bond acceptors (Lipinski definition) is 3. The molecule has 0 aliphatic carbocycles. The van der Waals surface area contributed by atoms with Crippen LogP contribution >= 0.6 is 11.3 Å². The SMILES string of the molecule is Cc1ccc(C(C)N[C@@H](CO)Cc2ccccc2)s1. The predicted molar refractivity (Wildman–Crippen MR) is 81.6 cm³/mol. The average Bonchev–Trinajstić information content (AvgIpc) is 2.86. The first-order valence-electron chi connectivity index (χ1n) is 6.66. The zero-order valence-corrected chi connectivity index (χ0v) is 12.3. The van der Waals surface area contributed by atoms with Crippen LogP contribution in [0.1, 0.15) is 28.3 Å². The van der Waals surface area contributed by atoms with Gasteiger partial charge in [-0.3, -0.25) is 0 Å². The van der Waals surface area contributed by atoms with E-state index in [0.717, 1.165) is 6.42 Å². The molecule has 1 aromatic carbocycles. The van der Waals surface area contributed by atoms with E-state index < -0.39 is 0 Å². The van der Waals surface area contributed by atoms with E-state index in [4.69, 9.17) is 0 Å². The molecular weight excluding hydrogens is 254 g/mol. The van der Waals surface area contributed by atoms with Gasteiger partial charge in [0.1, 0.15) is 0 Å². The Morgan fingerprint density at radius 3 is 2.47 bits per heavy atom. The summed E-state index contributed by atoms with van der Waals surface area (Å²) in [4.78, 5) is 2.65. The Kier molecular flexibility index (Phi) is 5.14. The van der Waals surface area contributed by atoms with Gasteiger partial charge in [-0.25, -0.2) is 0 Å². The van der Waals surface area contributed by atoms with Crippen LogP contribution in [0.3, 0.4) is 0 Å². The van der Waals surface area contributed by atoms with E-state index in [1.165, 1.54) is 15.3 Å². The molecular formula is C16H21NOS. The molecule has 2 nitrogen and oxygen atoms in total. The molecule has 0 bridgehead atoms. The van der Waals surface area contributed by atoms with Crippen molar-refractivity contribution in [2.24, 2.45) is 0 Å². The highest BCUT2D eigenvalue weighted by Crippen LogP contribution is 2.22. The molecule has 19 heavy (non-hydrogen) atoms. The highest BCUT2D eigenvalue weighted by atomic mass is 32.1. The largest absolute Gasteiger partial charge is 0.395 e. The molecule has 2 aromatic rings. The van der Waals surface area contributed by atoms with Crippen molar-refractivity contribution in [1.29, 1.82) is 0 Å². The minimum atomic E-state index is 0.0970. The summed E-state index contributed by atoms with van der Waals surface area (Å²) in [5.41, 5.74) is 1.25. The van der Waals surface area contributed by atoms with Crippen LogP contribution in [0.25, 0.3) is 0 Å². The van der Waals surface area contributed by atoms with E-state index in [9.17, 15) is 5.11 Å². The molecule has 3 heteroatoms. The summed E-state index contributed by atoms with van der Waals surface area (Å²) >= 11 is 1.81. The fourth-order valence-corrected chi connectivity index (χ4v) is 3.09. The van der Waals surface area contributed by atoms with Crippen LogP contribution in [0.4, 0.5) is 0 Å². The van der Waals surface area contributed by atoms with Gasteiger partial charge in [0.25, 0.3) is 0 Å². The van der Waals surface area contributed by atoms with Crippen LogP contribution in [0.15, 0.2) is 42.5 Å². The molecule has 2 atom stereocenters. The lowest BCUT2D eigenvalue weighted by molar-refractivity contribution is 0.233. The number of nitrogens with one attached hydrogen (secondary N) is 1. The Balaban J connectivity index is 1.95. The molecule has 1 aromatic heterocycles. The van der Waals surface area contributed by atoms with Gasteiger partial charge in [-0.2, -0.15) is 0 Å². The average molecular weight is 275 g/mol. The van der Waals surface area contributed by atoms with Crippen molar-refractivity contribution in [3.63, 3.8) is 0 Å². The third-order valence-corrected chi connectivity index (χ3v) is 4.40. The fraction of sp³-hybridized carbons (Fsp3) is 0.375. The first-order valence-corrected chi connectivity index (χ1v) is 7.48.